The molecule has 3 heteroatoms. The van der Waals surface area contributed by atoms with Crippen LogP contribution in [0.4, 0.5) is 11.4 Å². The summed E-state index contributed by atoms with van der Waals surface area (Å²) in [7, 11) is 0. The number of fused-ring (bicyclic) bond motifs is 1. The lowest BCUT2D eigenvalue weighted by Gasteiger charge is -2.45. The molecule has 2 aliphatic rings. The van der Waals surface area contributed by atoms with Gasteiger partial charge in [-0.05, 0) is 43.7 Å². The van der Waals surface area contributed by atoms with Crippen LogP contribution in [0.15, 0.2) is 18.2 Å². The van der Waals surface area contributed by atoms with E-state index in [-0.39, 0.29) is 0 Å². The average molecular weight is 265 g/mol. The van der Waals surface area contributed by atoms with E-state index in [1.807, 2.05) is 12.1 Å². The first-order chi connectivity index (χ1) is 8.77. The van der Waals surface area contributed by atoms with Crippen LogP contribution in [0.5, 0.6) is 0 Å². The van der Waals surface area contributed by atoms with Crippen molar-refractivity contribution >= 4 is 23.0 Å². The van der Waals surface area contributed by atoms with E-state index in [2.05, 4.69) is 11.0 Å². The Bertz CT molecular complexity index is 431. The lowest BCUT2D eigenvalue weighted by Crippen LogP contribution is -2.47. The van der Waals surface area contributed by atoms with Crippen LogP contribution in [-0.4, -0.2) is 12.6 Å². The molecule has 3 rings (SSSR count). The number of nitrogens with two attached hydrogens (primary N) is 1. The molecule has 0 spiro atoms. The Morgan fingerprint density at radius 2 is 1.89 bits per heavy atom. The van der Waals surface area contributed by atoms with Crippen LogP contribution in [0.3, 0.4) is 0 Å². The van der Waals surface area contributed by atoms with Gasteiger partial charge in [-0.25, -0.2) is 0 Å². The molecule has 2 nitrogen and oxygen atoms in total. The molecular formula is C15H21ClN2. The Balaban J connectivity index is 1.92. The van der Waals surface area contributed by atoms with Crippen molar-refractivity contribution in [2.45, 2.75) is 44.6 Å². The number of halogens is 1. The van der Waals surface area contributed by atoms with Crippen LogP contribution in [0.2, 0.25) is 5.02 Å². The summed E-state index contributed by atoms with van der Waals surface area (Å²) in [6.07, 6.45) is 8.14. The molecule has 1 heterocycles. The zero-order valence-electron chi connectivity index (χ0n) is 10.7. The summed E-state index contributed by atoms with van der Waals surface area (Å²) in [5.74, 6) is 0.867. The number of benzene rings is 1. The molecule has 1 saturated heterocycles. The van der Waals surface area contributed by atoms with Crippen LogP contribution in [0.25, 0.3) is 0 Å². The van der Waals surface area contributed by atoms with Gasteiger partial charge in [0.1, 0.15) is 0 Å². The SMILES string of the molecule is Nc1c(Cl)cccc1N1CCC[C@H]2CCCC[C@H]21. The van der Waals surface area contributed by atoms with E-state index in [1.54, 1.807) is 0 Å². The van der Waals surface area contributed by atoms with Crippen molar-refractivity contribution in [2.75, 3.05) is 17.2 Å². The molecule has 1 aromatic rings. The second-order valence-corrected chi connectivity index (χ2v) is 6.03. The second-order valence-electron chi connectivity index (χ2n) is 5.62. The van der Waals surface area contributed by atoms with E-state index in [4.69, 9.17) is 17.3 Å². The van der Waals surface area contributed by atoms with Gasteiger partial charge in [-0.15, -0.1) is 0 Å². The number of nitrogens with zero attached hydrogens (tertiary/aromatic N) is 1. The summed E-state index contributed by atoms with van der Waals surface area (Å²) in [5, 5.41) is 0.686. The first-order valence-electron chi connectivity index (χ1n) is 7.08. The molecule has 0 bridgehead atoms. The van der Waals surface area contributed by atoms with E-state index in [9.17, 15) is 0 Å². The Hall–Kier alpha value is -0.890. The van der Waals surface area contributed by atoms with Crippen molar-refractivity contribution in [3.05, 3.63) is 23.2 Å². The summed E-state index contributed by atoms with van der Waals surface area (Å²) in [4.78, 5) is 2.52. The van der Waals surface area contributed by atoms with Crippen LogP contribution >= 0.6 is 11.6 Å². The van der Waals surface area contributed by atoms with Crippen molar-refractivity contribution in [1.29, 1.82) is 0 Å². The molecular weight excluding hydrogens is 244 g/mol. The number of rotatable bonds is 1. The second kappa shape index (κ2) is 5.00. The minimum Gasteiger partial charge on any atom is -0.396 e. The van der Waals surface area contributed by atoms with Crippen LogP contribution < -0.4 is 10.6 Å². The fourth-order valence-electron chi connectivity index (χ4n) is 3.70. The maximum atomic E-state index is 6.16. The van der Waals surface area contributed by atoms with E-state index in [0.29, 0.717) is 11.1 Å². The fraction of sp³-hybridized carbons (Fsp3) is 0.600. The molecule has 0 radical (unpaired) electrons. The Morgan fingerprint density at radius 1 is 1.11 bits per heavy atom. The lowest BCUT2D eigenvalue weighted by molar-refractivity contribution is 0.244. The number of hydrogen-bond acceptors (Lipinski definition) is 2. The van der Waals surface area contributed by atoms with Crippen molar-refractivity contribution in [3.8, 4) is 0 Å². The highest BCUT2D eigenvalue weighted by Gasteiger charge is 2.34. The Labute approximate surface area is 114 Å². The van der Waals surface area contributed by atoms with E-state index in [1.165, 1.54) is 38.5 Å². The summed E-state index contributed by atoms with van der Waals surface area (Å²) in [6, 6.07) is 6.70. The van der Waals surface area contributed by atoms with Gasteiger partial charge in [-0.2, -0.15) is 0 Å². The van der Waals surface area contributed by atoms with Gasteiger partial charge in [0.15, 0.2) is 0 Å². The summed E-state index contributed by atoms with van der Waals surface area (Å²) < 4.78 is 0. The average Bonchev–Trinajstić information content (AvgIpc) is 2.41. The molecule has 18 heavy (non-hydrogen) atoms. The highest BCUT2D eigenvalue weighted by Crippen LogP contribution is 2.40. The predicted octanol–water partition coefficient (Wildman–Crippen LogP) is 4.08. The summed E-state index contributed by atoms with van der Waals surface area (Å²) in [5.41, 5.74) is 8.07. The van der Waals surface area contributed by atoms with Crippen molar-refractivity contribution in [3.63, 3.8) is 0 Å². The van der Waals surface area contributed by atoms with Gasteiger partial charge in [0.05, 0.1) is 16.4 Å². The number of nitrogen functional groups attached to an aromatic ring is 1. The molecule has 2 N–H and O–H groups in total. The van der Waals surface area contributed by atoms with Crippen molar-refractivity contribution in [2.24, 2.45) is 5.92 Å². The van der Waals surface area contributed by atoms with Gasteiger partial charge in [-0.1, -0.05) is 30.5 Å². The number of hydrogen-bond donors (Lipinski definition) is 1. The zero-order valence-corrected chi connectivity index (χ0v) is 11.5. The van der Waals surface area contributed by atoms with Gasteiger partial charge >= 0.3 is 0 Å². The highest BCUT2D eigenvalue weighted by molar-refractivity contribution is 6.33. The molecule has 0 amide bonds. The molecule has 98 valence electrons. The maximum Gasteiger partial charge on any atom is 0.0741 e. The molecule has 1 saturated carbocycles. The maximum absolute atomic E-state index is 6.16. The van der Waals surface area contributed by atoms with E-state index >= 15 is 0 Å². The summed E-state index contributed by atoms with van der Waals surface area (Å²) in [6.45, 7) is 1.13. The third-order valence-corrected chi connectivity index (χ3v) is 4.91. The van der Waals surface area contributed by atoms with Crippen molar-refractivity contribution < 1.29 is 0 Å². The minimum absolute atomic E-state index is 0.686. The van der Waals surface area contributed by atoms with E-state index in [0.717, 1.165) is 23.8 Å². The van der Waals surface area contributed by atoms with Gasteiger partial charge < -0.3 is 10.6 Å². The van der Waals surface area contributed by atoms with Crippen molar-refractivity contribution in [1.82, 2.24) is 0 Å². The number of para-hydroxylation sites is 1. The molecule has 2 fully saturated rings. The third kappa shape index (κ3) is 2.07. The molecule has 2 atom stereocenters. The molecule has 1 aromatic carbocycles. The fourth-order valence-corrected chi connectivity index (χ4v) is 3.87. The number of anilines is 2. The smallest absolute Gasteiger partial charge is 0.0741 e. The Morgan fingerprint density at radius 3 is 2.78 bits per heavy atom. The minimum atomic E-state index is 0.686. The zero-order chi connectivity index (χ0) is 12.5. The molecule has 1 aliphatic heterocycles. The largest absolute Gasteiger partial charge is 0.396 e. The standard InChI is InChI=1S/C15H21ClN2/c16-12-7-3-9-14(15(12)17)18-10-4-6-11-5-1-2-8-13(11)18/h3,7,9,11,13H,1-2,4-6,8,10,17H2/t11-,13-/m1/s1. The Kier molecular flexibility index (Phi) is 3.38. The molecule has 0 unspecified atom stereocenters. The normalized spacial score (nSPS) is 27.9. The van der Waals surface area contributed by atoms with Gasteiger partial charge in [0.25, 0.3) is 0 Å². The highest BCUT2D eigenvalue weighted by atomic mass is 35.5. The van der Waals surface area contributed by atoms with Gasteiger partial charge in [0, 0.05) is 12.6 Å². The predicted molar refractivity (Wildman–Crippen MR) is 78.2 cm³/mol. The lowest BCUT2D eigenvalue weighted by atomic mass is 9.78. The van der Waals surface area contributed by atoms with Crippen LogP contribution in [0.1, 0.15) is 38.5 Å². The molecule has 0 aromatic heterocycles. The quantitative estimate of drug-likeness (QED) is 0.775. The first kappa shape index (κ1) is 12.2. The monoisotopic (exact) mass is 264 g/mol. The summed E-state index contributed by atoms with van der Waals surface area (Å²) >= 11 is 6.16. The van der Waals surface area contributed by atoms with E-state index < -0.39 is 0 Å². The number of piperidine rings is 1. The van der Waals surface area contributed by atoms with Crippen LogP contribution in [0, 0.1) is 5.92 Å². The third-order valence-electron chi connectivity index (χ3n) is 4.58. The van der Waals surface area contributed by atoms with Gasteiger partial charge in [0.2, 0.25) is 0 Å². The topological polar surface area (TPSA) is 29.3 Å². The van der Waals surface area contributed by atoms with Crippen LogP contribution in [-0.2, 0) is 0 Å². The van der Waals surface area contributed by atoms with Gasteiger partial charge in [-0.3, -0.25) is 0 Å². The first-order valence-corrected chi connectivity index (χ1v) is 7.46. The molecule has 1 aliphatic carbocycles.